The topological polar surface area (TPSA) is 89.3 Å². The normalized spacial score (nSPS) is 11.6. The molecule has 146 valence electrons. The molecular weight excluding hydrogens is 388 g/mol. The number of carboxylic acids is 1. The summed E-state index contributed by atoms with van der Waals surface area (Å²) in [4.78, 5) is 16.4. The highest BCUT2D eigenvalue weighted by molar-refractivity contribution is 7.90. The van der Waals surface area contributed by atoms with Crippen molar-refractivity contribution in [1.29, 1.82) is 0 Å². The second kappa shape index (κ2) is 7.52. The number of aryl methyl sites for hydroxylation is 1. The maximum atomic E-state index is 13.4. The van der Waals surface area contributed by atoms with Gasteiger partial charge in [-0.25, -0.2) is 22.2 Å². The molecule has 2 heterocycles. The van der Waals surface area contributed by atoms with Crippen LogP contribution in [0.25, 0.3) is 11.0 Å². The summed E-state index contributed by atoms with van der Waals surface area (Å²) in [5.74, 6) is -1.17. The molecule has 0 spiro atoms. The summed E-state index contributed by atoms with van der Waals surface area (Å²) in [6.07, 6.45) is 2.21. The van der Waals surface area contributed by atoms with Gasteiger partial charge in [-0.1, -0.05) is 48.5 Å². The predicted octanol–water partition coefficient (Wildman–Crippen LogP) is 3.76. The molecule has 0 radical (unpaired) electrons. The molecule has 0 saturated heterocycles. The number of rotatable bonds is 6. The lowest BCUT2D eigenvalue weighted by molar-refractivity contribution is 0.0698. The predicted molar refractivity (Wildman–Crippen MR) is 110 cm³/mol. The second-order valence-electron chi connectivity index (χ2n) is 6.57. The molecule has 2 aromatic heterocycles. The molecule has 4 aromatic rings. The van der Waals surface area contributed by atoms with Crippen LogP contribution in [-0.4, -0.2) is 28.5 Å². The summed E-state index contributed by atoms with van der Waals surface area (Å²) in [5.41, 5.74) is 1.31. The molecule has 0 bridgehead atoms. The second-order valence-corrected chi connectivity index (χ2v) is 8.36. The Morgan fingerprint density at radius 1 is 0.897 bits per heavy atom. The highest BCUT2D eigenvalue weighted by Gasteiger charge is 2.30. The average molecular weight is 406 g/mol. The van der Waals surface area contributed by atoms with Gasteiger partial charge in [-0.15, -0.1) is 0 Å². The Kier molecular flexibility index (Phi) is 4.90. The summed E-state index contributed by atoms with van der Waals surface area (Å²) in [7, 11) is -4.02. The fourth-order valence-corrected chi connectivity index (χ4v) is 5.03. The standard InChI is InChI=1S/C22H18N2O4S/c25-22(26)20-18-12-7-15-23-21(18)24(29(27,28)17-10-5-2-6-11-17)19(20)14-13-16-8-3-1-4-9-16/h1-12,15H,13-14H2,(H,25,26). The van der Waals surface area contributed by atoms with Crippen molar-refractivity contribution in [2.75, 3.05) is 0 Å². The summed E-state index contributed by atoms with van der Waals surface area (Å²) in [6, 6.07) is 20.7. The third-order valence-electron chi connectivity index (χ3n) is 4.77. The lowest BCUT2D eigenvalue weighted by Gasteiger charge is -2.12. The fourth-order valence-electron chi connectivity index (χ4n) is 3.47. The van der Waals surface area contributed by atoms with Gasteiger partial charge in [0.25, 0.3) is 10.0 Å². The first-order chi connectivity index (χ1) is 14.0. The third kappa shape index (κ3) is 3.40. The molecule has 2 aromatic carbocycles. The molecule has 0 saturated carbocycles. The van der Waals surface area contributed by atoms with Crippen LogP contribution in [0.5, 0.6) is 0 Å². The quantitative estimate of drug-likeness (QED) is 0.527. The maximum absolute atomic E-state index is 13.4. The monoisotopic (exact) mass is 406 g/mol. The van der Waals surface area contributed by atoms with Crippen molar-refractivity contribution in [1.82, 2.24) is 8.96 Å². The van der Waals surface area contributed by atoms with Crippen LogP contribution < -0.4 is 0 Å². The van der Waals surface area contributed by atoms with Gasteiger partial charge < -0.3 is 5.11 Å². The number of aromatic nitrogens is 2. The number of benzene rings is 2. The average Bonchev–Trinajstić information content (AvgIpc) is 3.08. The molecule has 0 aliphatic carbocycles. The first kappa shape index (κ1) is 18.9. The summed E-state index contributed by atoms with van der Waals surface area (Å²) in [5, 5.41) is 10.2. The molecule has 7 heteroatoms. The van der Waals surface area contributed by atoms with Crippen LogP contribution >= 0.6 is 0 Å². The number of nitrogens with zero attached hydrogens (tertiary/aromatic N) is 2. The molecule has 0 atom stereocenters. The zero-order valence-electron chi connectivity index (χ0n) is 15.4. The van der Waals surface area contributed by atoms with E-state index in [0.717, 1.165) is 9.54 Å². The van der Waals surface area contributed by atoms with Crippen molar-refractivity contribution in [3.8, 4) is 0 Å². The Morgan fingerprint density at radius 2 is 1.55 bits per heavy atom. The van der Waals surface area contributed by atoms with Gasteiger partial charge in [-0.3, -0.25) is 0 Å². The molecule has 29 heavy (non-hydrogen) atoms. The third-order valence-corrected chi connectivity index (χ3v) is 6.51. The molecule has 0 aliphatic rings. The SMILES string of the molecule is O=C(O)c1c(CCc2ccccc2)n(S(=O)(=O)c2ccccc2)c2ncccc12. The molecular formula is C22H18N2O4S. The van der Waals surface area contributed by atoms with Crippen LogP contribution in [0.1, 0.15) is 21.6 Å². The van der Waals surface area contributed by atoms with E-state index >= 15 is 0 Å². The van der Waals surface area contributed by atoms with Gasteiger partial charge in [0, 0.05) is 11.6 Å². The zero-order valence-corrected chi connectivity index (χ0v) is 16.2. The number of hydrogen-bond donors (Lipinski definition) is 1. The van der Waals surface area contributed by atoms with Crippen LogP contribution in [0.3, 0.4) is 0 Å². The lowest BCUT2D eigenvalue weighted by Crippen LogP contribution is -2.18. The molecule has 6 nitrogen and oxygen atoms in total. The number of hydrogen-bond acceptors (Lipinski definition) is 4. The molecule has 0 aliphatic heterocycles. The van der Waals surface area contributed by atoms with Gasteiger partial charge in [-0.2, -0.15) is 0 Å². The van der Waals surface area contributed by atoms with E-state index in [9.17, 15) is 18.3 Å². The number of fused-ring (bicyclic) bond motifs is 1. The largest absolute Gasteiger partial charge is 0.478 e. The molecule has 0 amide bonds. The van der Waals surface area contributed by atoms with Gasteiger partial charge in [0.05, 0.1) is 16.2 Å². The van der Waals surface area contributed by atoms with E-state index in [1.807, 2.05) is 30.3 Å². The van der Waals surface area contributed by atoms with Crippen LogP contribution in [0.4, 0.5) is 0 Å². The van der Waals surface area contributed by atoms with Crippen LogP contribution in [-0.2, 0) is 22.9 Å². The van der Waals surface area contributed by atoms with Gasteiger partial charge in [0.1, 0.15) is 0 Å². The highest BCUT2D eigenvalue weighted by atomic mass is 32.2. The van der Waals surface area contributed by atoms with Crippen LogP contribution in [0, 0.1) is 0 Å². The van der Waals surface area contributed by atoms with Crippen molar-refractivity contribution in [2.24, 2.45) is 0 Å². The minimum Gasteiger partial charge on any atom is -0.478 e. The Bertz CT molecular complexity index is 1280. The number of aromatic carboxylic acids is 1. The number of carbonyl (C=O) groups is 1. The minimum absolute atomic E-state index is 0.0245. The van der Waals surface area contributed by atoms with E-state index in [0.29, 0.717) is 11.8 Å². The molecule has 0 unspecified atom stereocenters. The zero-order chi connectivity index (χ0) is 20.4. The Morgan fingerprint density at radius 3 is 2.21 bits per heavy atom. The van der Waals surface area contributed by atoms with E-state index in [2.05, 4.69) is 4.98 Å². The van der Waals surface area contributed by atoms with E-state index in [4.69, 9.17) is 0 Å². The number of pyridine rings is 1. The van der Waals surface area contributed by atoms with Gasteiger partial charge in [0.2, 0.25) is 0 Å². The van der Waals surface area contributed by atoms with Crippen LogP contribution in [0.15, 0.2) is 83.9 Å². The Hall–Kier alpha value is -3.45. The molecule has 0 fully saturated rings. The van der Waals surface area contributed by atoms with Crippen LogP contribution in [0.2, 0.25) is 0 Å². The molecule has 1 N–H and O–H groups in total. The van der Waals surface area contributed by atoms with E-state index in [-0.39, 0.29) is 28.2 Å². The highest BCUT2D eigenvalue weighted by Crippen LogP contribution is 2.30. The minimum atomic E-state index is -4.02. The van der Waals surface area contributed by atoms with E-state index < -0.39 is 16.0 Å². The van der Waals surface area contributed by atoms with E-state index in [1.54, 1.807) is 30.3 Å². The lowest BCUT2D eigenvalue weighted by atomic mass is 10.0. The number of carboxylic acid groups (broad SMARTS) is 1. The van der Waals surface area contributed by atoms with Gasteiger partial charge in [-0.05, 0) is 42.7 Å². The van der Waals surface area contributed by atoms with Gasteiger partial charge in [0.15, 0.2) is 5.65 Å². The Labute approximate surface area is 168 Å². The summed E-state index contributed by atoms with van der Waals surface area (Å²) >= 11 is 0. The summed E-state index contributed by atoms with van der Waals surface area (Å²) < 4.78 is 28.0. The first-order valence-corrected chi connectivity index (χ1v) is 10.5. The van der Waals surface area contributed by atoms with E-state index in [1.165, 1.54) is 18.3 Å². The van der Waals surface area contributed by atoms with Crippen molar-refractivity contribution in [3.05, 3.63) is 95.8 Å². The fraction of sp³-hybridized carbons (Fsp3) is 0.0909. The first-order valence-electron chi connectivity index (χ1n) is 9.06. The van der Waals surface area contributed by atoms with Crippen molar-refractivity contribution < 1.29 is 18.3 Å². The molecule has 4 rings (SSSR count). The summed E-state index contributed by atoms with van der Waals surface area (Å²) in [6.45, 7) is 0. The smallest absolute Gasteiger partial charge is 0.338 e. The maximum Gasteiger partial charge on any atom is 0.338 e. The van der Waals surface area contributed by atoms with Crippen molar-refractivity contribution in [3.63, 3.8) is 0 Å². The Balaban J connectivity index is 1.96. The van der Waals surface area contributed by atoms with Crippen molar-refractivity contribution >= 4 is 27.0 Å². The van der Waals surface area contributed by atoms with Gasteiger partial charge >= 0.3 is 5.97 Å². The van der Waals surface area contributed by atoms with Crippen molar-refractivity contribution in [2.45, 2.75) is 17.7 Å².